The molecule has 2 amide bonds. The number of hydrogen-bond acceptors (Lipinski definition) is 3. The van der Waals surface area contributed by atoms with Crippen LogP contribution in [0.2, 0.25) is 0 Å². The largest absolute Gasteiger partial charge is 0.364 e. The second-order valence-electron chi connectivity index (χ2n) is 8.20. The number of fused-ring (bicyclic) bond motifs is 3. The maximum absolute atomic E-state index is 13.5. The van der Waals surface area contributed by atoms with Gasteiger partial charge in [0.25, 0.3) is 11.8 Å². The smallest absolute Gasteiger partial charge is 0.258 e. The number of carbonyl (C=O) groups is 2. The van der Waals surface area contributed by atoms with Crippen molar-refractivity contribution in [2.45, 2.75) is 32.5 Å². The first-order chi connectivity index (χ1) is 15.0. The zero-order valence-corrected chi connectivity index (χ0v) is 17.6. The van der Waals surface area contributed by atoms with Gasteiger partial charge in [-0.15, -0.1) is 0 Å². The fourth-order valence-electron chi connectivity index (χ4n) is 4.35. The summed E-state index contributed by atoms with van der Waals surface area (Å²) in [7, 11) is 0. The monoisotopic (exact) mass is 412 g/mol. The lowest BCUT2D eigenvalue weighted by Gasteiger charge is -2.24. The normalized spacial score (nSPS) is 19.1. The second kappa shape index (κ2) is 7.67. The second-order valence-corrected chi connectivity index (χ2v) is 8.20. The van der Waals surface area contributed by atoms with Gasteiger partial charge in [0.15, 0.2) is 0 Å². The maximum atomic E-state index is 13.5. The van der Waals surface area contributed by atoms with Crippen LogP contribution in [-0.4, -0.2) is 24.5 Å². The number of anilines is 2. The number of nitrogens with zero attached hydrogens (tertiary/aromatic N) is 1. The third-order valence-electron chi connectivity index (χ3n) is 6.10. The van der Waals surface area contributed by atoms with Gasteiger partial charge in [-0.1, -0.05) is 36.4 Å². The number of benzene rings is 3. The lowest BCUT2D eigenvalue weighted by atomic mass is 10.0. The number of ether oxygens (including phenoxy) is 1. The van der Waals surface area contributed by atoms with E-state index in [1.807, 2.05) is 67.3 Å². The van der Waals surface area contributed by atoms with E-state index in [1.165, 1.54) is 0 Å². The first-order valence-corrected chi connectivity index (χ1v) is 10.6. The molecule has 0 bridgehead atoms. The van der Waals surface area contributed by atoms with Crippen molar-refractivity contribution >= 4 is 23.2 Å². The fourth-order valence-corrected chi connectivity index (χ4v) is 4.35. The van der Waals surface area contributed by atoms with Gasteiger partial charge >= 0.3 is 0 Å². The van der Waals surface area contributed by atoms with Crippen LogP contribution in [0.4, 0.5) is 11.4 Å². The summed E-state index contributed by atoms with van der Waals surface area (Å²) in [6.07, 6.45) is 1.14. The summed E-state index contributed by atoms with van der Waals surface area (Å²) in [6.45, 7) is 4.44. The molecular weight excluding hydrogens is 388 g/mol. The number of hydrogen-bond donors (Lipinski definition) is 1. The van der Waals surface area contributed by atoms with Crippen LogP contribution >= 0.6 is 0 Å². The van der Waals surface area contributed by atoms with Gasteiger partial charge in [0, 0.05) is 34.6 Å². The summed E-state index contributed by atoms with van der Waals surface area (Å²) in [6, 6.07) is 20.9. The highest BCUT2D eigenvalue weighted by Gasteiger charge is 2.44. The highest BCUT2D eigenvalue weighted by molar-refractivity contribution is 6.09. The Balaban J connectivity index is 1.39. The molecule has 2 aliphatic rings. The summed E-state index contributed by atoms with van der Waals surface area (Å²) in [5.74, 6) is -0.180. The molecule has 0 radical (unpaired) electrons. The molecule has 1 saturated heterocycles. The molecule has 2 atom stereocenters. The van der Waals surface area contributed by atoms with Gasteiger partial charge in [-0.05, 0) is 61.7 Å². The summed E-state index contributed by atoms with van der Waals surface area (Å²) in [4.78, 5) is 27.9. The van der Waals surface area contributed by atoms with E-state index < -0.39 is 0 Å². The average molecular weight is 412 g/mol. The molecule has 1 fully saturated rings. The van der Waals surface area contributed by atoms with Crippen molar-refractivity contribution in [1.82, 2.24) is 0 Å². The molecule has 0 aromatic heterocycles. The predicted molar refractivity (Wildman–Crippen MR) is 121 cm³/mol. The molecule has 31 heavy (non-hydrogen) atoms. The van der Waals surface area contributed by atoms with E-state index in [4.69, 9.17) is 4.74 Å². The van der Waals surface area contributed by atoms with Crippen LogP contribution in [-0.2, 0) is 4.74 Å². The lowest BCUT2D eigenvalue weighted by Crippen LogP contribution is -2.33. The molecule has 5 rings (SSSR count). The third-order valence-corrected chi connectivity index (χ3v) is 6.10. The van der Waals surface area contributed by atoms with Crippen LogP contribution in [0, 0.1) is 13.8 Å². The van der Waals surface area contributed by atoms with Gasteiger partial charge in [0.1, 0.15) is 6.10 Å². The van der Waals surface area contributed by atoms with Crippen molar-refractivity contribution in [2.24, 2.45) is 0 Å². The number of para-hydroxylation sites is 1. The number of epoxide rings is 1. The Morgan fingerprint density at radius 3 is 2.52 bits per heavy atom. The van der Waals surface area contributed by atoms with Gasteiger partial charge in [0.2, 0.25) is 0 Å². The Hall–Kier alpha value is -3.44. The molecule has 0 aliphatic carbocycles. The van der Waals surface area contributed by atoms with E-state index in [1.54, 1.807) is 18.2 Å². The molecule has 156 valence electrons. The van der Waals surface area contributed by atoms with Gasteiger partial charge in [0.05, 0.1) is 6.10 Å². The Bertz CT molecular complexity index is 1190. The number of carbonyl (C=O) groups excluding carboxylic acids is 2. The number of amides is 2. The molecular formula is C26H24N2O3. The number of nitrogens with one attached hydrogen (secondary N) is 1. The van der Waals surface area contributed by atoms with Gasteiger partial charge in [-0.25, -0.2) is 0 Å². The van der Waals surface area contributed by atoms with E-state index in [2.05, 4.69) is 5.32 Å². The molecule has 3 aromatic carbocycles. The topological polar surface area (TPSA) is 61.9 Å². The molecule has 2 aliphatic heterocycles. The van der Waals surface area contributed by atoms with E-state index in [0.717, 1.165) is 28.8 Å². The Labute approximate surface area is 181 Å². The zero-order valence-electron chi connectivity index (χ0n) is 17.6. The SMILES string of the molecule is Cc1ccccc1C(=O)Nc1ccc(C(=O)N2CCC3OC3c3ccccc32)c(C)c1. The van der Waals surface area contributed by atoms with E-state index in [-0.39, 0.29) is 24.0 Å². The van der Waals surface area contributed by atoms with Gasteiger partial charge in [-0.3, -0.25) is 9.59 Å². The summed E-state index contributed by atoms with van der Waals surface area (Å²) < 4.78 is 5.76. The maximum Gasteiger partial charge on any atom is 0.258 e. The van der Waals surface area contributed by atoms with E-state index in [0.29, 0.717) is 23.4 Å². The minimum absolute atomic E-state index is 0.0250. The van der Waals surface area contributed by atoms with Crippen molar-refractivity contribution in [3.05, 3.63) is 94.5 Å². The van der Waals surface area contributed by atoms with Crippen molar-refractivity contribution in [3.63, 3.8) is 0 Å². The quantitative estimate of drug-likeness (QED) is 0.613. The number of rotatable bonds is 3. The minimum Gasteiger partial charge on any atom is -0.364 e. The molecule has 0 saturated carbocycles. The lowest BCUT2D eigenvalue weighted by molar-refractivity contribution is 0.0984. The molecule has 2 heterocycles. The van der Waals surface area contributed by atoms with Crippen molar-refractivity contribution < 1.29 is 14.3 Å². The van der Waals surface area contributed by atoms with Gasteiger partial charge < -0.3 is 15.0 Å². The third kappa shape index (κ3) is 3.62. The van der Waals surface area contributed by atoms with E-state index in [9.17, 15) is 9.59 Å². The first kappa shape index (κ1) is 19.5. The molecule has 3 aromatic rings. The summed E-state index contributed by atoms with van der Waals surface area (Å²) in [5.41, 5.74) is 5.71. The summed E-state index contributed by atoms with van der Waals surface area (Å²) >= 11 is 0. The van der Waals surface area contributed by atoms with Crippen LogP contribution < -0.4 is 10.2 Å². The van der Waals surface area contributed by atoms with E-state index >= 15 is 0 Å². The minimum atomic E-state index is -0.155. The Kier molecular flexibility index (Phi) is 4.83. The van der Waals surface area contributed by atoms with Crippen LogP contribution in [0.1, 0.15) is 49.9 Å². The Morgan fingerprint density at radius 2 is 1.71 bits per heavy atom. The van der Waals surface area contributed by atoms with Crippen LogP contribution in [0.3, 0.4) is 0 Å². The van der Waals surface area contributed by atoms with Crippen molar-refractivity contribution in [2.75, 3.05) is 16.8 Å². The Morgan fingerprint density at radius 1 is 0.935 bits per heavy atom. The van der Waals surface area contributed by atoms with Crippen LogP contribution in [0.25, 0.3) is 0 Å². The van der Waals surface area contributed by atoms with Crippen LogP contribution in [0.15, 0.2) is 66.7 Å². The summed E-state index contributed by atoms with van der Waals surface area (Å²) in [5, 5.41) is 2.94. The van der Waals surface area contributed by atoms with Crippen molar-refractivity contribution in [1.29, 1.82) is 0 Å². The standard InChI is InChI=1S/C26H24N2O3/c1-16-7-3-4-8-19(16)25(29)27-18-11-12-20(17(2)15-18)26(30)28-14-13-23-24(31-23)21-9-5-6-10-22(21)28/h3-12,15,23-24H,13-14H2,1-2H3,(H,27,29). The molecule has 0 spiro atoms. The van der Waals surface area contributed by atoms with Gasteiger partial charge in [-0.2, -0.15) is 0 Å². The highest BCUT2D eigenvalue weighted by atomic mass is 16.6. The molecule has 1 N–H and O–H groups in total. The molecule has 5 nitrogen and oxygen atoms in total. The molecule has 2 unspecified atom stereocenters. The number of aryl methyl sites for hydroxylation is 2. The first-order valence-electron chi connectivity index (χ1n) is 10.6. The van der Waals surface area contributed by atoms with Crippen molar-refractivity contribution in [3.8, 4) is 0 Å². The van der Waals surface area contributed by atoms with Crippen LogP contribution in [0.5, 0.6) is 0 Å². The predicted octanol–water partition coefficient (Wildman–Crippen LogP) is 5.05. The average Bonchev–Trinajstić information content (AvgIpc) is 3.54. The fraction of sp³-hybridized carbons (Fsp3) is 0.231. The molecule has 5 heteroatoms. The highest BCUT2D eigenvalue weighted by Crippen LogP contribution is 2.47. The zero-order chi connectivity index (χ0) is 21.5.